The van der Waals surface area contributed by atoms with E-state index in [-0.39, 0.29) is 12.1 Å². The van der Waals surface area contributed by atoms with Crippen LogP contribution in [0.3, 0.4) is 0 Å². The summed E-state index contributed by atoms with van der Waals surface area (Å²) < 4.78 is 26.7. The van der Waals surface area contributed by atoms with Crippen LogP contribution in [-0.2, 0) is 5.60 Å². The highest BCUT2D eigenvalue weighted by molar-refractivity contribution is 5.90. The summed E-state index contributed by atoms with van der Waals surface area (Å²) in [7, 11) is 0. The van der Waals surface area contributed by atoms with Gasteiger partial charge >= 0.3 is 6.03 Å². The average Bonchev–Trinajstić information content (AvgIpc) is 2.48. The highest BCUT2D eigenvalue weighted by Gasteiger charge is 2.27. The molecule has 3 N–H and O–H groups in total. The highest BCUT2D eigenvalue weighted by atomic mass is 19.1. The maximum absolute atomic E-state index is 13.8. The van der Waals surface area contributed by atoms with Gasteiger partial charge in [0, 0.05) is 17.3 Å². The predicted octanol–water partition coefficient (Wildman–Crippen LogP) is 3.61. The van der Waals surface area contributed by atoms with Crippen LogP contribution < -0.4 is 10.6 Å². The van der Waals surface area contributed by atoms with Crippen LogP contribution in [0.25, 0.3) is 0 Å². The summed E-state index contributed by atoms with van der Waals surface area (Å²) in [6.45, 7) is 4.94. The molecule has 1 atom stereocenters. The van der Waals surface area contributed by atoms with E-state index in [4.69, 9.17) is 0 Å². The first-order valence-electron chi connectivity index (χ1n) is 7.49. The normalized spacial score (nSPS) is 13.2. The first-order valence-corrected chi connectivity index (χ1v) is 7.49. The van der Waals surface area contributed by atoms with Gasteiger partial charge in [-0.25, -0.2) is 13.6 Å². The van der Waals surface area contributed by atoms with Crippen molar-refractivity contribution in [3.63, 3.8) is 0 Å². The van der Waals surface area contributed by atoms with Crippen molar-refractivity contribution >= 4 is 11.7 Å². The number of rotatable bonds is 4. The van der Waals surface area contributed by atoms with Gasteiger partial charge in [0.05, 0.1) is 6.54 Å². The monoisotopic (exact) mass is 334 g/mol. The van der Waals surface area contributed by atoms with E-state index in [0.717, 1.165) is 23.3 Å². The Balaban J connectivity index is 2.02. The van der Waals surface area contributed by atoms with E-state index >= 15 is 0 Å². The maximum atomic E-state index is 13.8. The molecule has 0 bridgehead atoms. The zero-order valence-corrected chi connectivity index (χ0v) is 13.8. The van der Waals surface area contributed by atoms with Gasteiger partial charge in [-0.2, -0.15) is 0 Å². The maximum Gasteiger partial charge on any atom is 0.319 e. The van der Waals surface area contributed by atoms with Crippen LogP contribution in [0.15, 0.2) is 36.4 Å². The van der Waals surface area contributed by atoms with Crippen LogP contribution in [-0.4, -0.2) is 17.7 Å². The van der Waals surface area contributed by atoms with E-state index in [0.29, 0.717) is 11.8 Å². The molecule has 24 heavy (non-hydrogen) atoms. The molecule has 0 aliphatic carbocycles. The molecular formula is C18H20F2N2O2. The Hall–Kier alpha value is -2.47. The molecule has 0 aliphatic rings. The lowest BCUT2D eigenvalue weighted by molar-refractivity contribution is 0.0561. The van der Waals surface area contributed by atoms with Gasteiger partial charge in [-0.1, -0.05) is 23.8 Å². The second-order valence-electron chi connectivity index (χ2n) is 6.02. The van der Waals surface area contributed by atoms with E-state index in [1.165, 1.54) is 6.92 Å². The molecule has 0 saturated heterocycles. The Morgan fingerprint density at radius 2 is 1.88 bits per heavy atom. The minimum atomic E-state index is -1.67. The average molecular weight is 334 g/mol. The molecule has 2 aromatic rings. The third-order valence-corrected chi connectivity index (χ3v) is 3.73. The number of nitrogens with one attached hydrogen (secondary N) is 2. The summed E-state index contributed by atoms with van der Waals surface area (Å²) in [5.41, 5.74) is 0.869. The molecule has 0 aromatic heterocycles. The third kappa shape index (κ3) is 4.29. The molecule has 6 heteroatoms. The Labute approximate surface area is 139 Å². The number of halogens is 2. The number of carbonyl (C=O) groups excluding carboxylic acids is 1. The van der Waals surface area contributed by atoms with E-state index in [1.54, 1.807) is 6.07 Å². The number of urea groups is 1. The molecule has 4 nitrogen and oxygen atoms in total. The van der Waals surface area contributed by atoms with Gasteiger partial charge in [-0.3, -0.25) is 0 Å². The van der Waals surface area contributed by atoms with Crippen molar-refractivity contribution in [2.24, 2.45) is 0 Å². The second kappa shape index (κ2) is 6.97. The SMILES string of the molecule is Cc1ccc(NC(=O)NCC(C)(O)c2ccc(F)cc2F)c(C)c1. The lowest BCUT2D eigenvalue weighted by Gasteiger charge is -2.25. The minimum Gasteiger partial charge on any atom is -0.383 e. The predicted molar refractivity (Wildman–Crippen MR) is 88.9 cm³/mol. The number of amides is 2. The second-order valence-corrected chi connectivity index (χ2v) is 6.02. The summed E-state index contributed by atoms with van der Waals surface area (Å²) in [5, 5.41) is 15.5. The third-order valence-electron chi connectivity index (χ3n) is 3.73. The Kier molecular flexibility index (Phi) is 5.19. The fourth-order valence-corrected chi connectivity index (χ4v) is 2.39. The van der Waals surface area contributed by atoms with Crippen molar-refractivity contribution in [1.29, 1.82) is 0 Å². The van der Waals surface area contributed by atoms with Crippen LogP contribution >= 0.6 is 0 Å². The molecule has 1 unspecified atom stereocenters. The molecular weight excluding hydrogens is 314 g/mol. The Morgan fingerprint density at radius 3 is 2.50 bits per heavy atom. The quantitative estimate of drug-likeness (QED) is 0.800. The zero-order valence-electron chi connectivity index (χ0n) is 13.8. The van der Waals surface area contributed by atoms with Crippen LogP contribution in [0.4, 0.5) is 19.3 Å². The van der Waals surface area contributed by atoms with Gasteiger partial charge < -0.3 is 15.7 Å². The Bertz CT molecular complexity index is 761. The number of benzene rings is 2. The zero-order chi connectivity index (χ0) is 17.9. The number of aryl methyl sites for hydroxylation is 2. The van der Waals surface area contributed by atoms with Crippen LogP contribution in [0, 0.1) is 25.5 Å². The fourth-order valence-electron chi connectivity index (χ4n) is 2.39. The molecule has 2 aromatic carbocycles. The lowest BCUT2D eigenvalue weighted by atomic mass is 9.95. The summed E-state index contributed by atoms with van der Waals surface area (Å²) in [5.74, 6) is -1.59. The highest BCUT2D eigenvalue weighted by Crippen LogP contribution is 2.23. The summed E-state index contributed by atoms with van der Waals surface area (Å²) >= 11 is 0. The molecule has 0 radical (unpaired) electrons. The van der Waals surface area contributed by atoms with Gasteiger partial charge in [0.15, 0.2) is 0 Å². The van der Waals surface area contributed by atoms with Crippen LogP contribution in [0.2, 0.25) is 0 Å². The summed E-state index contributed by atoms with van der Waals surface area (Å²) in [6.07, 6.45) is 0. The molecule has 0 saturated carbocycles. The van der Waals surface area contributed by atoms with Gasteiger partial charge in [-0.05, 0) is 38.5 Å². The van der Waals surface area contributed by atoms with Crippen molar-refractivity contribution in [3.8, 4) is 0 Å². The first-order chi connectivity index (χ1) is 11.2. The minimum absolute atomic E-state index is 0.0873. The van der Waals surface area contributed by atoms with Gasteiger partial charge in [0.25, 0.3) is 0 Å². The number of anilines is 1. The van der Waals surface area contributed by atoms with E-state index < -0.39 is 23.3 Å². The first kappa shape index (κ1) is 17.9. The molecule has 0 fully saturated rings. The van der Waals surface area contributed by atoms with Gasteiger partial charge in [-0.15, -0.1) is 0 Å². The summed E-state index contributed by atoms with van der Waals surface area (Å²) in [6, 6.07) is 7.97. The fraction of sp³-hybridized carbons (Fsp3) is 0.278. The molecule has 0 aliphatic heterocycles. The number of aliphatic hydroxyl groups is 1. The van der Waals surface area contributed by atoms with E-state index in [2.05, 4.69) is 10.6 Å². The van der Waals surface area contributed by atoms with E-state index in [1.807, 2.05) is 26.0 Å². The lowest BCUT2D eigenvalue weighted by Crippen LogP contribution is -2.41. The molecule has 0 heterocycles. The molecule has 2 amide bonds. The molecule has 128 valence electrons. The largest absolute Gasteiger partial charge is 0.383 e. The molecule has 0 spiro atoms. The number of carbonyl (C=O) groups is 1. The van der Waals surface area contributed by atoms with Crippen molar-refractivity contribution < 1.29 is 18.7 Å². The smallest absolute Gasteiger partial charge is 0.319 e. The van der Waals surface area contributed by atoms with Crippen LogP contribution in [0.5, 0.6) is 0 Å². The van der Waals surface area contributed by atoms with Crippen molar-refractivity contribution in [1.82, 2.24) is 5.32 Å². The van der Waals surface area contributed by atoms with Gasteiger partial charge in [0.2, 0.25) is 0 Å². The number of hydrogen-bond acceptors (Lipinski definition) is 2. The van der Waals surface area contributed by atoms with Crippen molar-refractivity contribution in [2.45, 2.75) is 26.4 Å². The van der Waals surface area contributed by atoms with Crippen LogP contribution in [0.1, 0.15) is 23.6 Å². The standard InChI is InChI=1S/C18H20F2N2O2/c1-11-4-7-16(12(2)8-11)22-17(23)21-10-18(3,24)14-6-5-13(19)9-15(14)20/h4-9,24H,10H2,1-3H3,(H2,21,22,23). The van der Waals surface area contributed by atoms with Crippen molar-refractivity contribution in [2.75, 3.05) is 11.9 Å². The van der Waals surface area contributed by atoms with E-state index in [9.17, 15) is 18.7 Å². The topological polar surface area (TPSA) is 61.4 Å². The van der Waals surface area contributed by atoms with Crippen molar-refractivity contribution in [3.05, 3.63) is 64.7 Å². The molecule has 2 rings (SSSR count). The summed E-state index contributed by atoms with van der Waals surface area (Å²) in [4.78, 5) is 12.0. The number of hydrogen-bond donors (Lipinski definition) is 3. The van der Waals surface area contributed by atoms with Gasteiger partial charge in [0.1, 0.15) is 17.2 Å². The Morgan fingerprint density at radius 1 is 1.17 bits per heavy atom.